The van der Waals surface area contributed by atoms with Gasteiger partial charge in [0.1, 0.15) is 48.8 Å². The van der Waals surface area contributed by atoms with Crippen LogP contribution in [0.25, 0.3) is 0 Å². The van der Waals surface area contributed by atoms with E-state index in [4.69, 9.17) is 18.9 Å². The molecule has 10 atom stereocenters. The van der Waals surface area contributed by atoms with Crippen LogP contribution in [0.5, 0.6) is 0 Å². The summed E-state index contributed by atoms with van der Waals surface area (Å²) in [6, 6.07) is 0. The first-order valence-electron chi connectivity index (χ1n) is 9.55. The third kappa shape index (κ3) is 5.58. The van der Waals surface area contributed by atoms with Crippen molar-refractivity contribution in [1.82, 2.24) is 0 Å². The molecule has 2 heterocycles. The lowest BCUT2D eigenvalue weighted by Gasteiger charge is -2.43. The Balaban J connectivity index is 1.99. The summed E-state index contributed by atoms with van der Waals surface area (Å²) in [5.41, 5.74) is 0. The number of aliphatic hydroxyl groups is 7. The summed E-state index contributed by atoms with van der Waals surface area (Å²) in [6.45, 7) is 1.38. The second-order valence-corrected chi connectivity index (χ2v) is 7.12. The highest BCUT2D eigenvalue weighted by atomic mass is 16.7. The van der Waals surface area contributed by atoms with Gasteiger partial charge in [0.15, 0.2) is 12.6 Å². The Morgan fingerprint density at radius 2 is 1.43 bits per heavy atom. The van der Waals surface area contributed by atoms with Gasteiger partial charge in [-0.05, 0) is 6.42 Å². The van der Waals surface area contributed by atoms with E-state index in [9.17, 15) is 35.7 Å². The summed E-state index contributed by atoms with van der Waals surface area (Å²) >= 11 is 0. The Bertz CT molecular complexity index is 453. The van der Waals surface area contributed by atoms with Crippen LogP contribution in [0.1, 0.15) is 26.2 Å². The predicted octanol–water partition coefficient (Wildman–Crippen LogP) is -3.18. The van der Waals surface area contributed by atoms with Crippen molar-refractivity contribution in [2.45, 2.75) is 87.6 Å². The standard InChI is InChI=1S/C17H32O11/c1-2-3-4-5-25-15-13(22)10(19)8(6-18)28-17(15)26-7-9-11(20)12(21)14(23)16(24)27-9/h8-24H,2-7H2,1H3/t8-,9-,10-,11-,12+,13+,14-,15-,16-,17-/m1/s1. The molecular formula is C17H32O11. The Morgan fingerprint density at radius 1 is 0.750 bits per heavy atom. The fourth-order valence-electron chi connectivity index (χ4n) is 3.20. The maximum atomic E-state index is 10.3. The second-order valence-electron chi connectivity index (χ2n) is 7.12. The Morgan fingerprint density at radius 3 is 2.07 bits per heavy atom. The van der Waals surface area contributed by atoms with Crippen LogP contribution in [-0.2, 0) is 18.9 Å². The fourth-order valence-corrected chi connectivity index (χ4v) is 3.20. The van der Waals surface area contributed by atoms with E-state index < -0.39 is 68.0 Å². The van der Waals surface area contributed by atoms with E-state index in [1.807, 2.05) is 6.92 Å². The Hall–Kier alpha value is -0.440. The summed E-state index contributed by atoms with van der Waals surface area (Å²) < 4.78 is 21.6. The first kappa shape index (κ1) is 23.8. The van der Waals surface area contributed by atoms with Gasteiger partial charge in [-0.2, -0.15) is 0 Å². The molecule has 11 nitrogen and oxygen atoms in total. The van der Waals surface area contributed by atoms with Crippen molar-refractivity contribution < 1.29 is 54.7 Å². The van der Waals surface area contributed by atoms with Crippen molar-refractivity contribution in [3.8, 4) is 0 Å². The molecule has 0 aliphatic carbocycles. The normalized spacial score (nSPS) is 44.6. The molecule has 28 heavy (non-hydrogen) atoms. The zero-order chi connectivity index (χ0) is 20.8. The molecule has 0 amide bonds. The third-order valence-electron chi connectivity index (χ3n) is 4.99. The van der Waals surface area contributed by atoms with E-state index >= 15 is 0 Å². The van der Waals surface area contributed by atoms with Crippen molar-refractivity contribution in [3.05, 3.63) is 0 Å². The molecule has 0 aromatic carbocycles. The van der Waals surface area contributed by atoms with Gasteiger partial charge in [0.05, 0.1) is 13.2 Å². The van der Waals surface area contributed by atoms with Crippen molar-refractivity contribution in [2.75, 3.05) is 19.8 Å². The molecule has 0 bridgehead atoms. The van der Waals surface area contributed by atoms with E-state index in [0.29, 0.717) is 6.61 Å². The molecule has 0 spiro atoms. The van der Waals surface area contributed by atoms with Crippen molar-refractivity contribution in [3.63, 3.8) is 0 Å². The first-order valence-corrected chi connectivity index (χ1v) is 9.55. The largest absolute Gasteiger partial charge is 0.394 e. The lowest BCUT2D eigenvalue weighted by Crippen LogP contribution is -2.62. The van der Waals surface area contributed by atoms with Crippen LogP contribution < -0.4 is 0 Å². The molecule has 2 aliphatic heterocycles. The number of rotatable bonds is 9. The average molecular weight is 412 g/mol. The van der Waals surface area contributed by atoms with Crippen molar-refractivity contribution >= 4 is 0 Å². The molecule has 0 saturated carbocycles. The van der Waals surface area contributed by atoms with Gasteiger partial charge < -0.3 is 54.7 Å². The zero-order valence-electron chi connectivity index (χ0n) is 15.8. The van der Waals surface area contributed by atoms with Crippen LogP contribution in [-0.4, -0.2) is 117 Å². The summed E-state index contributed by atoms with van der Waals surface area (Å²) in [6.07, 6.45) is -11.2. The van der Waals surface area contributed by atoms with Gasteiger partial charge in [-0.1, -0.05) is 19.8 Å². The highest BCUT2D eigenvalue weighted by Gasteiger charge is 2.47. The van der Waals surface area contributed by atoms with Crippen LogP contribution in [0.4, 0.5) is 0 Å². The molecule has 7 N–H and O–H groups in total. The molecule has 0 unspecified atom stereocenters. The van der Waals surface area contributed by atoms with Gasteiger partial charge in [-0.25, -0.2) is 0 Å². The molecule has 0 radical (unpaired) electrons. The van der Waals surface area contributed by atoms with Gasteiger partial charge in [0, 0.05) is 6.61 Å². The zero-order valence-corrected chi connectivity index (χ0v) is 15.8. The average Bonchev–Trinajstić information content (AvgIpc) is 2.69. The minimum Gasteiger partial charge on any atom is -0.394 e. The maximum absolute atomic E-state index is 10.3. The molecule has 166 valence electrons. The summed E-state index contributed by atoms with van der Waals surface area (Å²) in [5, 5.41) is 68.5. The molecule has 11 heteroatoms. The smallest absolute Gasteiger partial charge is 0.187 e. The molecular weight excluding hydrogens is 380 g/mol. The third-order valence-corrected chi connectivity index (χ3v) is 4.99. The predicted molar refractivity (Wildman–Crippen MR) is 91.9 cm³/mol. The number of aliphatic hydroxyl groups excluding tert-OH is 7. The minimum absolute atomic E-state index is 0.293. The summed E-state index contributed by atoms with van der Waals surface area (Å²) in [5.74, 6) is 0. The SMILES string of the molecule is CCCCCO[C@H]1[C@H](OC[C@H]2O[C@@H](O)[C@H](O)[C@@H](O)[C@@H]2O)O[C@H](CO)[C@@H](O)[C@@H]1O. The molecule has 2 saturated heterocycles. The molecule has 2 aliphatic rings. The fraction of sp³-hybridized carbons (Fsp3) is 1.00. The first-order chi connectivity index (χ1) is 13.3. The molecule has 0 aromatic rings. The van der Waals surface area contributed by atoms with Crippen LogP contribution in [0, 0.1) is 0 Å². The van der Waals surface area contributed by atoms with Gasteiger partial charge in [-0.15, -0.1) is 0 Å². The summed E-state index contributed by atoms with van der Waals surface area (Å²) in [4.78, 5) is 0. The van der Waals surface area contributed by atoms with Gasteiger partial charge in [0.25, 0.3) is 0 Å². The Kier molecular flexibility index (Phi) is 9.44. The number of ether oxygens (including phenoxy) is 4. The van der Waals surface area contributed by atoms with E-state index in [1.165, 1.54) is 0 Å². The lowest BCUT2D eigenvalue weighted by molar-refractivity contribution is -0.331. The second kappa shape index (κ2) is 11.1. The van der Waals surface area contributed by atoms with Crippen LogP contribution in [0.15, 0.2) is 0 Å². The van der Waals surface area contributed by atoms with Crippen LogP contribution >= 0.6 is 0 Å². The summed E-state index contributed by atoms with van der Waals surface area (Å²) in [7, 11) is 0. The molecule has 2 fully saturated rings. The minimum atomic E-state index is -1.71. The molecule has 2 rings (SSSR count). The number of hydrogen-bond acceptors (Lipinski definition) is 11. The topological polar surface area (TPSA) is 179 Å². The van der Waals surface area contributed by atoms with Gasteiger partial charge in [0.2, 0.25) is 0 Å². The van der Waals surface area contributed by atoms with E-state index in [1.54, 1.807) is 0 Å². The van der Waals surface area contributed by atoms with E-state index in [-0.39, 0.29) is 6.61 Å². The van der Waals surface area contributed by atoms with Crippen molar-refractivity contribution in [2.24, 2.45) is 0 Å². The number of unbranched alkanes of at least 4 members (excludes halogenated alkanes) is 2. The van der Waals surface area contributed by atoms with Gasteiger partial charge in [-0.3, -0.25) is 0 Å². The molecule has 0 aromatic heterocycles. The van der Waals surface area contributed by atoms with Gasteiger partial charge >= 0.3 is 0 Å². The van der Waals surface area contributed by atoms with Crippen LogP contribution in [0.3, 0.4) is 0 Å². The van der Waals surface area contributed by atoms with E-state index in [2.05, 4.69) is 0 Å². The van der Waals surface area contributed by atoms with Crippen molar-refractivity contribution in [1.29, 1.82) is 0 Å². The van der Waals surface area contributed by atoms with Crippen LogP contribution in [0.2, 0.25) is 0 Å². The highest BCUT2D eigenvalue weighted by molar-refractivity contribution is 4.92. The van der Waals surface area contributed by atoms with E-state index in [0.717, 1.165) is 19.3 Å². The quantitative estimate of drug-likeness (QED) is 0.190. The maximum Gasteiger partial charge on any atom is 0.187 e. The highest BCUT2D eigenvalue weighted by Crippen LogP contribution is 2.26. The Labute approximate surface area is 163 Å². The monoisotopic (exact) mass is 412 g/mol. The number of hydrogen-bond donors (Lipinski definition) is 7. The lowest BCUT2D eigenvalue weighted by atomic mass is 9.98.